The number of carbonyl (C=O) groups excluding carboxylic acids is 1. The largest absolute Gasteiger partial charge is 0.444 e. The quantitative estimate of drug-likeness (QED) is 0.846. The summed E-state index contributed by atoms with van der Waals surface area (Å²) in [6.07, 6.45) is 4.08. The Morgan fingerprint density at radius 3 is 2.96 bits per heavy atom. The smallest absolute Gasteiger partial charge is 0.407 e. The van der Waals surface area contributed by atoms with E-state index in [9.17, 15) is 4.79 Å². The molecular weight excluding hydrogens is 372 g/mol. The predicted octanol–water partition coefficient (Wildman–Crippen LogP) is 3.50. The molecule has 1 aliphatic rings. The average molecular weight is 393 g/mol. The number of ether oxygens (including phenoxy) is 1. The predicted molar refractivity (Wildman–Crippen MR) is 97.2 cm³/mol. The van der Waals surface area contributed by atoms with Crippen LogP contribution in [0.3, 0.4) is 0 Å². The number of nitrogens with zero attached hydrogens (tertiary/aromatic N) is 3. The van der Waals surface area contributed by atoms with Gasteiger partial charge in [0.05, 0.1) is 17.2 Å². The van der Waals surface area contributed by atoms with Crippen LogP contribution in [0.2, 0.25) is 0 Å². The highest BCUT2D eigenvalue weighted by atomic mass is 79.9. The first kappa shape index (κ1) is 17.0. The lowest BCUT2D eigenvalue weighted by Crippen LogP contribution is -2.40. The Balaban J connectivity index is 1.71. The molecule has 1 fully saturated rings. The Kier molecular flexibility index (Phi) is 4.62. The fourth-order valence-corrected chi connectivity index (χ4v) is 3.14. The van der Waals surface area contributed by atoms with Crippen molar-refractivity contribution in [2.24, 2.45) is 0 Å². The first-order valence-corrected chi connectivity index (χ1v) is 8.76. The standard InChI is InChI=1S/C17H21BrN4O2/c1-17(2,3)24-16(23)21-12-5-7-22(10-12)14-4-6-19-13-8-11(18)9-20-15(13)14/h4,6,8-9,12H,5,7,10H2,1-3H3,(H,21,23). The molecule has 1 N–H and O–H groups in total. The number of hydrogen-bond acceptors (Lipinski definition) is 5. The molecule has 2 aromatic heterocycles. The molecule has 0 aliphatic carbocycles. The number of rotatable bonds is 2. The van der Waals surface area contributed by atoms with E-state index < -0.39 is 5.60 Å². The number of pyridine rings is 2. The van der Waals surface area contributed by atoms with Crippen LogP contribution in [0, 0.1) is 0 Å². The number of halogens is 1. The zero-order valence-corrected chi connectivity index (χ0v) is 15.6. The number of anilines is 1. The summed E-state index contributed by atoms with van der Waals surface area (Å²) in [5, 5.41) is 2.95. The molecule has 2 aromatic rings. The SMILES string of the molecule is CC(C)(C)OC(=O)NC1CCN(c2ccnc3cc(Br)cnc23)C1. The fourth-order valence-electron chi connectivity index (χ4n) is 2.82. The number of amides is 1. The van der Waals surface area contributed by atoms with E-state index in [2.05, 4.69) is 36.1 Å². The van der Waals surface area contributed by atoms with E-state index in [0.29, 0.717) is 0 Å². The second kappa shape index (κ2) is 6.55. The highest BCUT2D eigenvalue weighted by molar-refractivity contribution is 9.10. The summed E-state index contributed by atoms with van der Waals surface area (Å²) in [7, 11) is 0. The lowest BCUT2D eigenvalue weighted by molar-refractivity contribution is 0.0509. The van der Waals surface area contributed by atoms with Gasteiger partial charge in [0.1, 0.15) is 11.1 Å². The number of aromatic nitrogens is 2. The van der Waals surface area contributed by atoms with Gasteiger partial charge in [0.15, 0.2) is 0 Å². The van der Waals surface area contributed by atoms with E-state index in [4.69, 9.17) is 4.74 Å². The van der Waals surface area contributed by atoms with Crippen molar-refractivity contribution in [2.45, 2.75) is 38.8 Å². The molecule has 0 saturated carbocycles. The fraction of sp³-hybridized carbons (Fsp3) is 0.471. The average Bonchev–Trinajstić information content (AvgIpc) is 2.92. The van der Waals surface area contributed by atoms with Crippen molar-refractivity contribution < 1.29 is 9.53 Å². The van der Waals surface area contributed by atoms with Crippen LogP contribution >= 0.6 is 15.9 Å². The first-order valence-electron chi connectivity index (χ1n) is 7.96. The molecule has 1 aliphatic heterocycles. The van der Waals surface area contributed by atoms with E-state index in [-0.39, 0.29) is 12.1 Å². The van der Waals surface area contributed by atoms with Gasteiger partial charge in [-0.05, 0) is 55.3 Å². The van der Waals surface area contributed by atoms with Gasteiger partial charge in [-0.15, -0.1) is 0 Å². The van der Waals surface area contributed by atoms with Crippen LogP contribution in [-0.2, 0) is 4.74 Å². The maximum absolute atomic E-state index is 11.9. The molecule has 3 rings (SSSR count). The Labute approximate surface area is 149 Å². The van der Waals surface area contributed by atoms with Crippen LogP contribution in [0.5, 0.6) is 0 Å². The molecule has 0 radical (unpaired) electrons. The molecule has 1 atom stereocenters. The van der Waals surface area contributed by atoms with E-state index in [0.717, 1.165) is 40.7 Å². The molecule has 0 aromatic carbocycles. The van der Waals surface area contributed by atoms with Gasteiger partial charge in [-0.25, -0.2) is 4.79 Å². The van der Waals surface area contributed by atoms with Crippen LogP contribution in [0.15, 0.2) is 29.0 Å². The van der Waals surface area contributed by atoms with Gasteiger partial charge in [-0.2, -0.15) is 0 Å². The zero-order valence-electron chi connectivity index (χ0n) is 14.0. The Morgan fingerprint density at radius 2 is 2.21 bits per heavy atom. The molecule has 3 heterocycles. The van der Waals surface area contributed by atoms with Crippen LogP contribution in [0.25, 0.3) is 11.0 Å². The van der Waals surface area contributed by atoms with E-state index in [1.165, 1.54) is 0 Å². The van der Waals surface area contributed by atoms with Gasteiger partial charge in [-0.3, -0.25) is 9.97 Å². The Morgan fingerprint density at radius 1 is 1.42 bits per heavy atom. The maximum atomic E-state index is 11.9. The van der Waals surface area contributed by atoms with Crippen molar-refractivity contribution in [2.75, 3.05) is 18.0 Å². The number of carbonyl (C=O) groups is 1. The number of fused-ring (bicyclic) bond motifs is 1. The van der Waals surface area contributed by atoms with E-state index in [1.807, 2.05) is 32.9 Å². The van der Waals surface area contributed by atoms with Crippen molar-refractivity contribution in [3.63, 3.8) is 0 Å². The van der Waals surface area contributed by atoms with Crippen molar-refractivity contribution in [3.05, 3.63) is 29.0 Å². The van der Waals surface area contributed by atoms with Crippen molar-refractivity contribution >= 4 is 38.7 Å². The van der Waals surface area contributed by atoms with Crippen molar-refractivity contribution in [1.29, 1.82) is 0 Å². The van der Waals surface area contributed by atoms with Crippen molar-refractivity contribution in [1.82, 2.24) is 15.3 Å². The Hall–Kier alpha value is -1.89. The summed E-state index contributed by atoms with van der Waals surface area (Å²) >= 11 is 3.42. The van der Waals surface area contributed by atoms with Crippen LogP contribution in [0.1, 0.15) is 27.2 Å². The molecule has 0 bridgehead atoms. The van der Waals surface area contributed by atoms with Gasteiger partial charge < -0.3 is 15.0 Å². The third-order valence-electron chi connectivity index (χ3n) is 3.77. The summed E-state index contributed by atoms with van der Waals surface area (Å²) < 4.78 is 6.24. The summed E-state index contributed by atoms with van der Waals surface area (Å²) in [4.78, 5) is 23.0. The first-order chi connectivity index (χ1) is 11.3. The second-order valence-corrected chi connectivity index (χ2v) is 7.84. The van der Waals surface area contributed by atoms with E-state index >= 15 is 0 Å². The number of alkyl carbamates (subject to hydrolysis) is 1. The summed E-state index contributed by atoms with van der Waals surface area (Å²) in [6.45, 7) is 7.18. The maximum Gasteiger partial charge on any atom is 0.407 e. The molecule has 0 spiro atoms. The molecule has 24 heavy (non-hydrogen) atoms. The molecule has 7 heteroatoms. The minimum atomic E-state index is -0.485. The van der Waals surface area contributed by atoms with Gasteiger partial charge in [0, 0.05) is 30.0 Å². The molecule has 1 saturated heterocycles. The van der Waals surface area contributed by atoms with Gasteiger partial charge >= 0.3 is 6.09 Å². The molecule has 1 amide bonds. The van der Waals surface area contributed by atoms with Gasteiger partial charge in [0.2, 0.25) is 0 Å². The third kappa shape index (κ3) is 3.95. The van der Waals surface area contributed by atoms with Crippen LogP contribution in [0.4, 0.5) is 10.5 Å². The summed E-state index contributed by atoms with van der Waals surface area (Å²) in [5.74, 6) is 0. The summed E-state index contributed by atoms with van der Waals surface area (Å²) in [6, 6.07) is 4.00. The third-order valence-corrected chi connectivity index (χ3v) is 4.21. The zero-order chi connectivity index (χ0) is 17.3. The van der Waals surface area contributed by atoms with Crippen molar-refractivity contribution in [3.8, 4) is 0 Å². The van der Waals surface area contributed by atoms with Crippen LogP contribution in [-0.4, -0.2) is 40.8 Å². The molecular formula is C17H21BrN4O2. The van der Waals surface area contributed by atoms with Gasteiger partial charge in [0.25, 0.3) is 0 Å². The highest BCUT2D eigenvalue weighted by Crippen LogP contribution is 2.28. The van der Waals surface area contributed by atoms with Gasteiger partial charge in [-0.1, -0.05) is 0 Å². The minimum absolute atomic E-state index is 0.0681. The number of hydrogen-bond donors (Lipinski definition) is 1. The topological polar surface area (TPSA) is 67.3 Å². The van der Waals surface area contributed by atoms with E-state index in [1.54, 1.807) is 12.4 Å². The lowest BCUT2D eigenvalue weighted by Gasteiger charge is -2.22. The highest BCUT2D eigenvalue weighted by Gasteiger charge is 2.27. The van der Waals surface area contributed by atoms with Crippen LogP contribution < -0.4 is 10.2 Å². The molecule has 1 unspecified atom stereocenters. The minimum Gasteiger partial charge on any atom is -0.444 e. The molecule has 6 nitrogen and oxygen atoms in total. The lowest BCUT2D eigenvalue weighted by atomic mass is 10.2. The second-order valence-electron chi connectivity index (χ2n) is 6.93. The number of nitrogens with one attached hydrogen (secondary N) is 1. The monoisotopic (exact) mass is 392 g/mol. The molecule has 128 valence electrons. The summed E-state index contributed by atoms with van der Waals surface area (Å²) in [5.41, 5.74) is 2.28. The normalized spacial score (nSPS) is 18.0. The Bertz CT molecular complexity index is 760.